The highest BCUT2D eigenvalue weighted by Gasteiger charge is 2.17. The quantitative estimate of drug-likeness (QED) is 0.170. The Hall–Kier alpha value is -6.79. The summed E-state index contributed by atoms with van der Waals surface area (Å²) < 4.78 is 58.8. The first-order valence-corrected chi connectivity index (χ1v) is 19.8. The van der Waals surface area contributed by atoms with Crippen molar-refractivity contribution in [3.63, 3.8) is 0 Å². The molecule has 0 aliphatic carbocycles. The molecule has 8 aromatic carbocycles. The van der Waals surface area contributed by atoms with Gasteiger partial charge in [-0.05, 0) is 69.7 Å². The second-order valence-corrected chi connectivity index (χ2v) is 15.6. The predicted molar refractivity (Wildman–Crippen MR) is 238 cm³/mol. The molecule has 3 nitrogen and oxygen atoms in total. The molecule has 0 amide bonds. The van der Waals surface area contributed by atoms with Crippen molar-refractivity contribution in [2.75, 3.05) is 0 Å². The number of nitrogens with zero attached hydrogens (tertiary/aromatic N) is 3. The van der Waals surface area contributed by atoms with Crippen molar-refractivity contribution < 1.29 is 8.22 Å². The lowest BCUT2D eigenvalue weighted by Crippen LogP contribution is -2.00. The van der Waals surface area contributed by atoms with Gasteiger partial charge in [0.15, 0.2) is 17.5 Å². The van der Waals surface area contributed by atoms with Crippen LogP contribution in [0.1, 0.15) is 8.22 Å². The van der Waals surface area contributed by atoms with Crippen LogP contribution in [0.25, 0.3) is 108 Å². The van der Waals surface area contributed by atoms with Crippen LogP contribution in [0.5, 0.6) is 0 Å². The number of thiophene rings is 2. The molecule has 0 saturated carbocycles. The molecule has 262 valence electrons. The van der Waals surface area contributed by atoms with E-state index in [2.05, 4.69) is 36.4 Å². The van der Waals surface area contributed by atoms with Crippen LogP contribution in [-0.2, 0) is 0 Å². The third-order valence-corrected chi connectivity index (χ3v) is 12.3. The Balaban J connectivity index is 1.12. The molecule has 0 unspecified atom stereocenters. The van der Waals surface area contributed by atoms with E-state index >= 15 is 0 Å². The average molecular weight is 756 g/mol. The zero-order valence-electron chi connectivity index (χ0n) is 35.6. The molecule has 0 bridgehead atoms. The maximum atomic E-state index is 9.73. The van der Waals surface area contributed by atoms with Gasteiger partial charge in [-0.2, -0.15) is 0 Å². The molecule has 3 heterocycles. The fourth-order valence-electron chi connectivity index (χ4n) is 7.29. The topological polar surface area (TPSA) is 38.7 Å². The lowest BCUT2D eigenvalue weighted by Gasteiger charge is -2.10. The van der Waals surface area contributed by atoms with Crippen LogP contribution in [0.3, 0.4) is 0 Å². The van der Waals surface area contributed by atoms with Crippen LogP contribution < -0.4 is 0 Å². The third kappa shape index (κ3) is 5.77. The minimum absolute atomic E-state index is 0.0631. The molecule has 56 heavy (non-hydrogen) atoms. The summed E-state index contributed by atoms with van der Waals surface area (Å²) in [7, 11) is 0. The Morgan fingerprint density at radius 3 is 1.61 bits per heavy atom. The predicted octanol–water partition coefficient (Wildman–Crippen LogP) is 14.6. The Morgan fingerprint density at radius 1 is 0.357 bits per heavy atom. The molecule has 0 atom stereocenters. The van der Waals surface area contributed by atoms with Crippen LogP contribution in [0, 0.1) is 0 Å². The van der Waals surface area contributed by atoms with E-state index in [1.807, 2.05) is 115 Å². The molecule has 5 heteroatoms. The van der Waals surface area contributed by atoms with E-state index in [0.717, 1.165) is 60.2 Å². The zero-order valence-corrected chi connectivity index (χ0v) is 31.2. The van der Waals surface area contributed by atoms with E-state index in [4.69, 9.17) is 19.1 Å². The Morgan fingerprint density at radius 2 is 0.893 bits per heavy atom. The van der Waals surface area contributed by atoms with Crippen molar-refractivity contribution in [2.45, 2.75) is 0 Å². The van der Waals surface area contributed by atoms with Crippen molar-refractivity contribution in [1.82, 2.24) is 15.0 Å². The maximum absolute atomic E-state index is 9.73. The summed E-state index contributed by atoms with van der Waals surface area (Å²) in [5.41, 5.74) is 6.69. The molecule has 0 saturated heterocycles. The van der Waals surface area contributed by atoms with Gasteiger partial charge in [0.25, 0.3) is 0 Å². The van der Waals surface area contributed by atoms with Gasteiger partial charge in [-0.1, -0.05) is 152 Å². The highest BCUT2D eigenvalue weighted by molar-refractivity contribution is 7.26. The van der Waals surface area contributed by atoms with Crippen LogP contribution in [0.2, 0.25) is 0 Å². The van der Waals surface area contributed by atoms with Gasteiger partial charge in [0, 0.05) is 57.0 Å². The van der Waals surface area contributed by atoms with Gasteiger partial charge in [0.1, 0.15) is 0 Å². The van der Waals surface area contributed by atoms with E-state index in [9.17, 15) is 4.11 Å². The summed E-state index contributed by atoms with van der Waals surface area (Å²) in [6.45, 7) is 0. The summed E-state index contributed by atoms with van der Waals surface area (Å²) in [5, 5.41) is 2.92. The van der Waals surface area contributed by atoms with Gasteiger partial charge in [-0.3, -0.25) is 0 Å². The van der Waals surface area contributed by atoms with E-state index < -0.39 is 0 Å². The first kappa shape index (κ1) is 26.9. The third-order valence-electron chi connectivity index (χ3n) is 10.1. The fourth-order valence-corrected chi connectivity index (χ4v) is 9.40. The highest BCUT2D eigenvalue weighted by Crippen LogP contribution is 2.42. The largest absolute Gasteiger partial charge is 0.208 e. The smallest absolute Gasteiger partial charge is 0.164 e. The number of hydrogen-bond donors (Lipinski definition) is 0. The minimum Gasteiger partial charge on any atom is -0.208 e. The molecule has 3 aromatic heterocycles. The average Bonchev–Trinajstić information content (AvgIpc) is 3.90. The van der Waals surface area contributed by atoms with Gasteiger partial charge >= 0.3 is 0 Å². The monoisotopic (exact) mass is 755 g/mol. The Labute approximate surface area is 340 Å². The second kappa shape index (κ2) is 13.5. The molecule has 0 N–H and O–H groups in total. The Bertz CT molecular complexity index is 3570. The Kier molecular flexibility index (Phi) is 6.48. The van der Waals surface area contributed by atoms with Crippen LogP contribution in [-0.4, -0.2) is 15.0 Å². The molecule has 0 aliphatic heterocycles. The van der Waals surface area contributed by atoms with E-state index in [1.54, 1.807) is 11.3 Å². The number of benzene rings is 8. The fraction of sp³-hybridized carbons (Fsp3) is 0. The van der Waals surface area contributed by atoms with E-state index in [1.165, 1.54) is 4.70 Å². The summed E-state index contributed by atoms with van der Waals surface area (Å²) in [5.74, 6) is 0.804. The van der Waals surface area contributed by atoms with Crippen LogP contribution >= 0.6 is 22.7 Å². The standard InChI is InChI=1S/C51H31N3S2/c1-3-10-32(11-4-1)34-18-22-36(23-19-34)40-15-9-17-46-48(40)42-28-26-39(31-47(42)56-46)51-53-49(37-24-20-35(21-25-37)33-12-5-2-6-13-33)52-50(54-51)38-27-29-45-43(30-38)41-14-7-8-16-44(41)55-45/h1-31H/i9D,15D,17D,26D,28D,31D. The maximum Gasteiger partial charge on any atom is 0.164 e. The van der Waals surface area contributed by atoms with Gasteiger partial charge in [0.2, 0.25) is 0 Å². The summed E-state index contributed by atoms with van der Waals surface area (Å²) >= 11 is 2.85. The van der Waals surface area contributed by atoms with E-state index in [-0.39, 0.29) is 47.6 Å². The van der Waals surface area contributed by atoms with Gasteiger partial charge in [0.05, 0.1) is 8.22 Å². The molecular weight excluding hydrogens is 719 g/mol. The van der Waals surface area contributed by atoms with Gasteiger partial charge < -0.3 is 0 Å². The lowest BCUT2D eigenvalue weighted by molar-refractivity contribution is 1.08. The molecule has 0 radical (unpaired) electrons. The lowest BCUT2D eigenvalue weighted by atomic mass is 9.97. The van der Waals surface area contributed by atoms with Gasteiger partial charge in [-0.15, -0.1) is 22.7 Å². The van der Waals surface area contributed by atoms with Crippen molar-refractivity contribution in [3.8, 4) is 67.5 Å². The number of fused-ring (bicyclic) bond motifs is 6. The van der Waals surface area contributed by atoms with Crippen LogP contribution in [0.15, 0.2) is 188 Å². The molecule has 11 rings (SSSR count). The number of aromatic nitrogens is 3. The molecule has 0 fully saturated rings. The normalized spacial score (nSPS) is 13.1. The minimum atomic E-state index is -0.248. The second-order valence-electron chi connectivity index (χ2n) is 13.5. The molecule has 0 aliphatic rings. The molecule has 11 aromatic rings. The van der Waals surface area contributed by atoms with Gasteiger partial charge in [-0.25, -0.2) is 15.0 Å². The van der Waals surface area contributed by atoms with Crippen molar-refractivity contribution >= 4 is 63.0 Å². The van der Waals surface area contributed by atoms with Crippen LogP contribution in [0.4, 0.5) is 0 Å². The highest BCUT2D eigenvalue weighted by atomic mass is 32.1. The molecular formula is C51H31N3S2. The summed E-state index contributed by atoms with van der Waals surface area (Å²) in [6.07, 6.45) is 0. The molecule has 0 spiro atoms. The first-order chi connectivity index (χ1) is 30.2. The van der Waals surface area contributed by atoms with Crippen molar-refractivity contribution in [3.05, 3.63) is 188 Å². The summed E-state index contributed by atoms with van der Waals surface area (Å²) in [4.78, 5) is 14.9. The number of hydrogen-bond acceptors (Lipinski definition) is 5. The summed E-state index contributed by atoms with van der Waals surface area (Å²) in [6, 6.07) is 49.0. The zero-order chi connectivity index (χ0) is 42.2. The number of rotatable bonds is 6. The first-order valence-electron chi connectivity index (χ1n) is 21.2. The SMILES string of the molecule is [2H]c1c([2H])c(-c2ccc(-c3ccccc3)cc2)c2c(sc3c([2H])c(-c4nc(-c5ccc(-c6ccccc6)cc5)nc(-c5ccc6sc7ccccc7c6c5)n4)c([2H])c([2H])c32)c1[2H]. The van der Waals surface area contributed by atoms with E-state index in [0.29, 0.717) is 42.9 Å². The van der Waals surface area contributed by atoms with Crippen molar-refractivity contribution in [1.29, 1.82) is 0 Å². The van der Waals surface area contributed by atoms with Crippen molar-refractivity contribution in [2.24, 2.45) is 0 Å².